The second-order valence-corrected chi connectivity index (χ2v) is 19.1. The van der Waals surface area contributed by atoms with E-state index in [9.17, 15) is 0 Å². The summed E-state index contributed by atoms with van der Waals surface area (Å²) in [5.41, 5.74) is 24.3. The molecule has 1 heteroatoms. The van der Waals surface area contributed by atoms with Gasteiger partial charge in [-0.2, -0.15) is 0 Å². The lowest BCUT2D eigenvalue weighted by Crippen LogP contribution is -2.28. The summed E-state index contributed by atoms with van der Waals surface area (Å²) in [5.74, 6) is 0. The van der Waals surface area contributed by atoms with Gasteiger partial charge in [0.15, 0.2) is 0 Å². The van der Waals surface area contributed by atoms with Crippen molar-refractivity contribution in [1.82, 2.24) is 0 Å². The SMILES string of the molecule is c1ccc(-c2ccc(-c3ccccc3N(c3cccc(-c4cccc(-c5ccccc5)c4-c4ccccc4-c4ccccc4)c3)c3ccc4c(c3)C(c3ccccc3)(c3ccccc3)c3ccccc3-4)cc2)cc1. The van der Waals surface area contributed by atoms with Crippen LogP contribution >= 0.6 is 0 Å². The minimum absolute atomic E-state index is 0.566. The van der Waals surface area contributed by atoms with Gasteiger partial charge in [0.1, 0.15) is 0 Å². The third-order valence-corrected chi connectivity index (χ3v) is 15.0. The largest absolute Gasteiger partial charge is 0.310 e. The molecule has 0 spiro atoms. The standard InChI is InChI=1S/C73H51N/c1-6-24-52(25-7-1)53-44-46-56(47-45-53)63-37-19-21-43-71(63)74(61-48-49-67-66-38-18-20-42-69(66)73(70(67)51-61,58-31-12-4-13-32-58)59-33-14-5-15-34-59)60-35-22-30-57(50-60)65-41-23-40-64(55-28-10-3-11-29-55)72(65)68-39-17-16-36-62(68)54-26-8-2-9-27-54/h1-51H. The number of rotatable bonds is 11. The summed E-state index contributed by atoms with van der Waals surface area (Å²) >= 11 is 0. The van der Waals surface area contributed by atoms with Crippen molar-refractivity contribution in [3.05, 3.63) is 332 Å². The Bertz CT molecular complexity index is 3880. The Labute approximate surface area is 434 Å². The number of fused-ring (bicyclic) bond motifs is 3. The van der Waals surface area contributed by atoms with Crippen LogP contribution in [0.15, 0.2) is 309 Å². The van der Waals surface area contributed by atoms with Gasteiger partial charge < -0.3 is 4.90 Å². The Morgan fingerprint density at radius 3 is 1.27 bits per heavy atom. The molecule has 0 aromatic heterocycles. The number of para-hydroxylation sites is 1. The van der Waals surface area contributed by atoms with E-state index in [1.165, 1.54) is 77.9 Å². The number of anilines is 3. The summed E-state index contributed by atoms with van der Waals surface area (Å²) in [7, 11) is 0. The van der Waals surface area contributed by atoms with Crippen LogP contribution in [0, 0.1) is 0 Å². The van der Waals surface area contributed by atoms with Crippen LogP contribution in [0.25, 0.3) is 77.9 Å². The third-order valence-electron chi connectivity index (χ3n) is 15.0. The average Bonchev–Trinajstić information content (AvgIpc) is 3.87. The molecule has 12 aromatic rings. The number of nitrogens with zero attached hydrogens (tertiary/aromatic N) is 1. The molecule has 0 bridgehead atoms. The first-order chi connectivity index (χ1) is 36.7. The molecule has 0 aliphatic heterocycles. The van der Waals surface area contributed by atoms with E-state index in [4.69, 9.17) is 0 Å². The molecule has 0 heterocycles. The first-order valence-corrected chi connectivity index (χ1v) is 25.6. The van der Waals surface area contributed by atoms with Crippen molar-refractivity contribution in [2.45, 2.75) is 5.41 Å². The van der Waals surface area contributed by atoms with Crippen LogP contribution in [0.2, 0.25) is 0 Å². The van der Waals surface area contributed by atoms with E-state index in [1.54, 1.807) is 0 Å². The molecule has 0 amide bonds. The van der Waals surface area contributed by atoms with Crippen LogP contribution in [0.4, 0.5) is 17.1 Å². The van der Waals surface area contributed by atoms with E-state index in [-0.39, 0.29) is 0 Å². The molecule has 13 rings (SSSR count). The van der Waals surface area contributed by atoms with Crippen LogP contribution in [0.5, 0.6) is 0 Å². The lowest BCUT2D eigenvalue weighted by molar-refractivity contribution is 0.768. The maximum atomic E-state index is 2.49. The molecule has 0 unspecified atom stereocenters. The Kier molecular flexibility index (Phi) is 11.5. The fourth-order valence-electron chi connectivity index (χ4n) is 11.7. The fourth-order valence-corrected chi connectivity index (χ4v) is 11.7. The molecule has 1 aliphatic carbocycles. The van der Waals surface area contributed by atoms with Crippen LogP contribution in [-0.2, 0) is 5.41 Å². The molecular formula is C73H51N. The van der Waals surface area contributed by atoms with Gasteiger partial charge in [-0.15, -0.1) is 0 Å². The van der Waals surface area contributed by atoms with Crippen molar-refractivity contribution in [2.75, 3.05) is 4.90 Å². The lowest BCUT2D eigenvalue weighted by atomic mass is 9.67. The average molecular weight is 942 g/mol. The first-order valence-electron chi connectivity index (χ1n) is 25.6. The third kappa shape index (κ3) is 7.75. The Morgan fingerprint density at radius 1 is 0.216 bits per heavy atom. The van der Waals surface area contributed by atoms with Gasteiger partial charge in [-0.05, 0) is 125 Å². The van der Waals surface area contributed by atoms with E-state index in [0.717, 1.165) is 39.3 Å². The molecule has 348 valence electrons. The molecule has 0 radical (unpaired) electrons. The molecular weight excluding hydrogens is 891 g/mol. The zero-order valence-electron chi connectivity index (χ0n) is 40.9. The monoisotopic (exact) mass is 941 g/mol. The maximum Gasteiger partial charge on any atom is 0.0714 e. The van der Waals surface area contributed by atoms with Gasteiger partial charge in [0.2, 0.25) is 0 Å². The minimum Gasteiger partial charge on any atom is -0.310 e. The summed E-state index contributed by atoms with van der Waals surface area (Å²) in [5, 5.41) is 0. The molecule has 12 aromatic carbocycles. The van der Waals surface area contributed by atoms with Gasteiger partial charge in [0, 0.05) is 16.9 Å². The molecule has 0 saturated carbocycles. The highest BCUT2D eigenvalue weighted by Gasteiger charge is 2.46. The van der Waals surface area contributed by atoms with Gasteiger partial charge >= 0.3 is 0 Å². The Balaban J connectivity index is 1.05. The van der Waals surface area contributed by atoms with Gasteiger partial charge in [-0.25, -0.2) is 0 Å². The predicted octanol–water partition coefficient (Wildman–Crippen LogP) is 19.5. The van der Waals surface area contributed by atoms with Crippen molar-refractivity contribution in [3.63, 3.8) is 0 Å². The highest BCUT2D eigenvalue weighted by atomic mass is 15.1. The molecule has 0 saturated heterocycles. The smallest absolute Gasteiger partial charge is 0.0714 e. The fraction of sp³-hybridized carbons (Fsp3) is 0.0137. The number of hydrogen-bond acceptors (Lipinski definition) is 1. The number of hydrogen-bond donors (Lipinski definition) is 0. The highest BCUT2D eigenvalue weighted by molar-refractivity contribution is 6.01. The first kappa shape index (κ1) is 44.4. The van der Waals surface area contributed by atoms with Gasteiger partial charge in [-0.3, -0.25) is 0 Å². The zero-order valence-corrected chi connectivity index (χ0v) is 40.9. The zero-order chi connectivity index (χ0) is 49.3. The van der Waals surface area contributed by atoms with Crippen LogP contribution < -0.4 is 4.90 Å². The van der Waals surface area contributed by atoms with Crippen molar-refractivity contribution >= 4 is 17.1 Å². The lowest BCUT2D eigenvalue weighted by Gasteiger charge is -2.35. The van der Waals surface area contributed by atoms with Crippen LogP contribution in [0.3, 0.4) is 0 Å². The Morgan fingerprint density at radius 2 is 0.622 bits per heavy atom. The van der Waals surface area contributed by atoms with Crippen molar-refractivity contribution in [1.29, 1.82) is 0 Å². The van der Waals surface area contributed by atoms with Gasteiger partial charge in [0.05, 0.1) is 11.1 Å². The molecule has 0 N–H and O–H groups in total. The van der Waals surface area contributed by atoms with Crippen LogP contribution in [-0.4, -0.2) is 0 Å². The molecule has 0 atom stereocenters. The second-order valence-electron chi connectivity index (χ2n) is 19.1. The summed E-state index contributed by atoms with van der Waals surface area (Å²) in [6.07, 6.45) is 0. The quantitative estimate of drug-likeness (QED) is 0.125. The van der Waals surface area contributed by atoms with E-state index < -0.39 is 5.41 Å². The second kappa shape index (κ2) is 19.2. The van der Waals surface area contributed by atoms with Gasteiger partial charge in [0.25, 0.3) is 0 Å². The van der Waals surface area contributed by atoms with E-state index in [0.29, 0.717) is 0 Å². The summed E-state index contributed by atoms with van der Waals surface area (Å²) in [6.45, 7) is 0. The van der Waals surface area contributed by atoms with Crippen molar-refractivity contribution in [3.8, 4) is 77.9 Å². The number of benzene rings is 12. The molecule has 74 heavy (non-hydrogen) atoms. The van der Waals surface area contributed by atoms with Crippen molar-refractivity contribution < 1.29 is 0 Å². The van der Waals surface area contributed by atoms with E-state index in [1.807, 2.05) is 0 Å². The Hall–Kier alpha value is -9.56. The minimum atomic E-state index is -0.566. The predicted molar refractivity (Wildman–Crippen MR) is 311 cm³/mol. The van der Waals surface area contributed by atoms with E-state index in [2.05, 4.69) is 314 Å². The summed E-state index contributed by atoms with van der Waals surface area (Å²) in [6, 6.07) is 113. The summed E-state index contributed by atoms with van der Waals surface area (Å²) < 4.78 is 0. The maximum absolute atomic E-state index is 2.49. The molecule has 1 aliphatic rings. The molecule has 0 fully saturated rings. The van der Waals surface area contributed by atoms with E-state index >= 15 is 0 Å². The normalized spacial score (nSPS) is 12.2. The van der Waals surface area contributed by atoms with Crippen LogP contribution in [0.1, 0.15) is 22.3 Å². The van der Waals surface area contributed by atoms with Crippen molar-refractivity contribution in [2.24, 2.45) is 0 Å². The summed E-state index contributed by atoms with van der Waals surface area (Å²) in [4.78, 5) is 2.49. The topological polar surface area (TPSA) is 3.24 Å². The molecule has 1 nitrogen and oxygen atoms in total. The highest BCUT2D eigenvalue weighted by Crippen LogP contribution is 2.58. The van der Waals surface area contributed by atoms with Gasteiger partial charge in [-0.1, -0.05) is 279 Å².